The fourth-order valence-electron chi connectivity index (χ4n) is 3.51. The summed E-state index contributed by atoms with van der Waals surface area (Å²) in [6.45, 7) is 17.5. The third-order valence-electron chi connectivity index (χ3n) is 5.78. The van der Waals surface area contributed by atoms with E-state index in [0.717, 1.165) is 50.5 Å². The maximum atomic E-state index is 11.2. The number of unbranched alkanes of at least 4 members (excludes halogenated alkanes) is 3. The van der Waals surface area contributed by atoms with Gasteiger partial charge in [-0.1, -0.05) is 91.5 Å². The van der Waals surface area contributed by atoms with Crippen LogP contribution in [0.5, 0.6) is 0 Å². The minimum atomic E-state index is -1.74. The number of amides is 5. The molecule has 1 unspecified atom stereocenters. The van der Waals surface area contributed by atoms with Crippen molar-refractivity contribution >= 4 is 48.1 Å². The van der Waals surface area contributed by atoms with Crippen LogP contribution in [0, 0.1) is 0 Å². The van der Waals surface area contributed by atoms with Gasteiger partial charge in [0.25, 0.3) is 5.91 Å². The number of hydrogen-bond acceptors (Lipinski definition) is 9. The second kappa shape index (κ2) is 47.0. The SMILES string of the molecule is C/C=C\C(=O)N(C=O)CCCCCC.CC.CCC.CCc1ccc(COC(C)=O)c(CCCOCCCS(=O)O)c1.NC(=O)CNC=O.NC=O. The topological polar surface area (TPSA) is 225 Å². The van der Waals surface area contributed by atoms with Crippen molar-refractivity contribution in [2.75, 3.05) is 32.1 Å². The summed E-state index contributed by atoms with van der Waals surface area (Å²) in [5, 5.41) is 2.09. The van der Waals surface area contributed by atoms with Gasteiger partial charge in [-0.25, -0.2) is 4.21 Å². The number of primary amides is 2. The number of nitrogens with zero attached hydrogens (tertiary/aromatic N) is 1. The van der Waals surface area contributed by atoms with E-state index in [4.69, 9.17) is 18.8 Å². The number of imide groups is 1. The van der Waals surface area contributed by atoms with Crippen molar-refractivity contribution < 1.29 is 47.0 Å². The normalized spacial score (nSPS) is 9.87. The number of esters is 1. The maximum Gasteiger partial charge on any atom is 0.302 e. The Balaban J connectivity index is -0.000000215. The molecule has 0 radical (unpaired) electrons. The van der Waals surface area contributed by atoms with E-state index in [-0.39, 0.29) is 30.6 Å². The Labute approximate surface area is 315 Å². The van der Waals surface area contributed by atoms with Gasteiger partial charge in [0, 0.05) is 26.7 Å². The van der Waals surface area contributed by atoms with Gasteiger partial charge in [-0.05, 0) is 61.8 Å². The monoisotopic (exact) mass is 760 g/mol. The van der Waals surface area contributed by atoms with Gasteiger partial charge in [0.05, 0.1) is 12.3 Å². The van der Waals surface area contributed by atoms with Gasteiger partial charge < -0.3 is 30.8 Å². The summed E-state index contributed by atoms with van der Waals surface area (Å²) in [6.07, 6.45) is 13.1. The Morgan fingerprint density at radius 1 is 0.962 bits per heavy atom. The molecule has 0 saturated heterocycles. The Bertz CT molecular complexity index is 1090. The molecule has 0 aromatic heterocycles. The average molecular weight is 761 g/mol. The zero-order valence-electron chi connectivity index (χ0n) is 32.9. The quantitative estimate of drug-likeness (QED) is 0.0442. The van der Waals surface area contributed by atoms with Gasteiger partial charge in [0.2, 0.25) is 25.1 Å². The van der Waals surface area contributed by atoms with E-state index in [1.165, 1.54) is 35.4 Å². The number of carbonyl (C=O) groups is 6. The fraction of sp³-hybridized carbons (Fsp3) is 0.622. The molecule has 1 aromatic carbocycles. The van der Waals surface area contributed by atoms with E-state index in [9.17, 15) is 28.2 Å². The van der Waals surface area contributed by atoms with Crippen molar-refractivity contribution in [1.29, 1.82) is 0 Å². The van der Waals surface area contributed by atoms with E-state index in [1.807, 2.05) is 19.9 Å². The van der Waals surface area contributed by atoms with Crippen LogP contribution in [0.15, 0.2) is 30.4 Å². The molecule has 0 bridgehead atoms. The lowest BCUT2D eigenvalue weighted by molar-refractivity contribution is -0.142. The van der Waals surface area contributed by atoms with Crippen LogP contribution in [-0.4, -0.2) is 82.7 Å². The van der Waals surface area contributed by atoms with E-state index in [1.54, 1.807) is 13.0 Å². The maximum absolute atomic E-state index is 11.2. The number of hydrogen-bond donors (Lipinski definition) is 4. The van der Waals surface area contributed by atoms with Crippen LogP contribution in [0.4, 0.5) is 0 Å². The first-order valence-corrected chi connectivity index (χ1v) is 19.0. The molecule has 0 heterocycles. The highest BCUT2D eigenvalue weighted by Crippen LogP contribution is 2.16. The van der Waals surface area contributed by atoms with E-state index >= 15 is 0 Å². The molecule has 0 aliphatic carbocycles. The molecule has 0 spiro atoms. The summed E-state index contributed by atoms with van der Waals surface area (Å²) in [5.74, 6) is -0.781. The van der Waals surface area contributed by atoms with Gasteiger partial charge in [0.15, 0.2) is 11.1 Å². The first kappa shape index (κ1) is 57.4. The van der Waals surface area contributed by atoms with Crippen molar-refractivity contribution in [3.63, 3.8) is 0 Å². The lowest BCUT2D eigenvalue weighted by Gasteiger charge is -2.12. The highest BCUT2D eigenvalue weighted by atomic mass is 32.2. The van der Waals surface area contributed by atoms with Gasteiger partial charge in [-0.15, -0.1) is 0 Å². The molecule has 1 aromatic rings. The van der Waals surface area contributed by atoms with Crippen LogP contribution < -0.4 is 16.8 Å². The highest BCUT2D eigenvalue weighted by molar-refractivity contribution is 7.79. The molecule has 302 valence electrons. The van der Waals surface area contributed by atoms with Gasteiger partial charge in [0.1, 0.15) is 6.61 Å². The molecule has 0 aliphatic heterocycles. The Morgan fingerprint density at radius 2 is 1.56 bits per heavy atom. The number of aryl methyl sites for hydroxylation is 2. The van der Waals surface area contributed by atoms with Gasteiger partial charge in [-0.3, -0.25) is 33.7 Å². The molecule has 52 heavy (non-hydrogen) atoms. The number of benzene rings is 1. The number of nitrogens with two attached hydrogens (primary N) is 2. The summed E-state index contributed by atoms with van der Waals surface area (Å²) in [6, 6.07) is 6.25. The third kappa shape index (κ3) is 46.0. The zero-order valence-corrected chi connectivity index (χ0v) is 33.7. The molecule has 5 amide bonds. The molecule has 1 rings (SSSR count). The van der Waals surface area contributed by atoms with Crippen molar-refractivity contribution in [3.05, 3.63) is 47.0 Å². The lowest BCUT2D eigenvalue weighted by Crippen LogP contribution is -2.28. The number of carbonyl (C=O) groups excluding carboxylic acids is 6. The number of nitrogens with one attached hydrogen (secondary N) is 1. The van der Waals surface area contributed by atoms with E-state index in [2.05, 4.69) is 56.6 Å². The van der Waals surface area contributed by atoms with Crippen molar-refractivity contribution in [2.45, 2.75) is 120 Å². The Morgan fingerprint density at radius 3 is 2.00 bits per heavy atom. The largest absolute Gasteiger partial charge is 0.461 e. The molecule has 0 fully saturated rings. The summed E-state index contributed by atoms with van der Waals surface area (Å²) in [5.41, 5.74) is 12.3. The summed E-state index contributed by atoms with van der Waals surface area (Å²) in [7, 11) is 0. The van der Waals surface area contributed by atoms with E-state index in [0.29, 0.717) is 45.6 Å². The first-order valence-electron chi connectivity index (χ1n) is 17.8. The fourth-order valence-corrected chi connectivity index (χ4v) is 3.87. The average Bonchev–Trinajstić information content (AvgIpc) is 3.11. The molecular weight excluding hydrogens is 692 g/mol. The molecule has 15 heteroatoms. The van der Waals surface area contributed by atoms with Gasteiger partial charge >= 0.3 is 5.97 Å². The second-order valence-electron chi connectivity index (χ2n) is 10.3. The Hall–Kier alpha value is -3.95. The van der Waals surface area contributed by atoms with E-state index < -0.39 is 17.0 Å². The summed E-state index contributed by atoms with van der Waals surface area (Å²) < 4.78 is 29.7. The molecule has 0 aliphatic rings. The lowest BCUT2D eigenvalue weighted by atomic mass is 9.99. The Kier molecular flexibility index (Phi) is 51.9. The standard InChI is InChI=1S/C17H26O5S.C11H19NO2.C3H6N2O2.C3H8.C2H6.CH3NO/c1-3-15-7-8-17(13-22-14(2)18)16(12-15)6-4-9-21-10-5-11-23(19)20;1-3-5-6-7-9-12(10-13)11(14)8-4-2;4-3(7)1-5-2-6;1-3-2;1-2;2-1-3/h7-8,12H,3-6,9-11,13H2,1-2H3,(H,19,20);4,8,10H,3,5-7,9H2,1-2H3;2H,1H2,(H2,4,7)(H,5,6);3H2,1-2H3;1-2H3;1H,(H2,2,3)/b;8-4-;;;;. The number of allylic oxidation sites excluding steroid dienone is 1. The predicted octanol–water partition coefficient (Wildman–Crippen LogP) is 4.76. The number of ether oxygens (including phenoxy) is 2. The predicted molar refractivity (Wildman–Crippen MR) is 208 cm³/mol. The van der Waals surface area contributed by atoms with Crippen LogP contribution in [0.3, 0.4) is 0 Å². The van der Waals surface area contributed by atoms with Gasteiger partial charge in [-0.2, -0.15) is 0 Å². The van der Waals surface area contributed by atoms with Crippen LogP contribution in [0.2, 0.25) is 0 Å². The van der Waals surface area contributed by atoms with Crippen molar-refractivity contribution in [2.24, 2.45) is 11.5 Å². The molecule has 6 N–H and O–H groups in total. The zero-order chi connectivity index (χ0) is 41.0. The van der Waals surface area contributed by atoms with Crippen LogP contribution >= 0.6 is 0 Å². The smallest absolute Gasteiger partial charge is 0.302 e. The molecular formula is C37H68N4O10S. The van der Waals surface area contributed by atoms with Crippen LogP contribution in [-0.2, 0) is 68.8 Å². The molecule has 0 saturated carbocycles. The number of rotatable bonds is 21. The minimum absolute atomic E-state index is 0.0799. The second-order valence-corrected chi connectivity index (χ2v) is 11.4. The molecule has 14 nitrogen and oxygen atoms in total. The van der Waals surface area contributed by atoms with Crippen LogP contribution in [0.25, 0.3) is 0 Å². The third-order valence-corrected chi connectivity index (χ3v) is 6.42. The summed E-state index contributed by atoms with van der Waals surface area (Å²) in [4.78, 5) is 61.7. The first-order chi connectivity index (χ1) is 24.9. The highest BCUT2D eigenvalue weighted by Gasteiger charge is 2.08. The van der Waals surface area contributed by atoms with Crippen molar-refractivity contribution in [3.8, 4) is 0 Å². The summed E-state index contributed by atoms with van der Waals surface area (Å²) >= 11 is -1.74. The van der Waals surface area contributed by atoms with Crippen molar-refractivity contribution in [1.82, 2.24) is 10.2 Å². The van der Waals surface area contributed by atoms with Crippen LogP contribution in [0.1, 0.15) is 117 Å². The molecule has 1 atom stereocenters. The minimum Gasteiger partial charge on any atom is -0.461 e.